The Labute approximate surface area is 231 Å². The van der Waals surface area contributed by atoms with Crippen LogP contribution in [0.2, 0.25) is 0 Å². The van der Waals surface area contributed by atoms with Crippen LogP contribution < -0.4 is 0 Å². The Balaban J connectivity index is 0.00000306. The summed E-state index contributed by atoms with van der Waals surface area (Å²) in [5, 5.41) is 34.5. The largest absolute Gasteiger partial charge is 0.508 e. The molecular weight excluding hydrogens is 643 g/mol. The third-order valence-electron chi connectivity index (χ3n) is 9.75. The summed E-state index contributed by atoms with van der Waals surface area (Å²) >= 11 is 0. The van der Waals surface area contributed by atoms with E-state index in [0.29, 0.717) is 17.6 Å². The van der Waals surface area contributed by atoms with Crippen LogP contribution >= 0.6 is 0 Å². The fourth-order valence-electron chi connectivity index (χ4n) is 7.62. The fourth-order valence-corrected chi connectivity index (χ4v) is 7.62. The van der Waals surface area contributed by atoms with Gasteiger partial charge in [0.25, 0.3) is 0 Å². The number of fused-ring (bicyclic) bond motifs is 5. The minimum atomic E-state index is -1.48. The number of methoxy groups -OCH3 is 1. The van der Waals surface area contributed by atoms with Crippen LogP contribution in [0.1, 0.15) is 54.4 Å². The monoisotopic (exact) mass is 679 g/mol. The van der Waals surface area contributed by atoms with Crippen LogP contribution in [0.4, 0.5) is 4.79 Å². The normalized spacial score (nSPS) is 48.2. The first-order valence-corrected chi connectivity index (χ1v) is 11.4. The quantitative estimate of drug-likeness (QED) is 0.285. The van der Waals surface area contributed by atoms with E-state index in [1.165, 1.54) is 7.11 Å². The zero-order valence-corrected chi connectivity index (χ0v) is 25.3. The number of carbonyl (C=O) groups is 2. The van der Waals surface area contributed by atoms with Crippen molar-refractivity contribution >= 4 is 11.9 Å². The first kappa shape index (κ1) is 27.5. The Bertz CT molecular complexity index is 886. The van der Waals surface area contributed by atoms with E-state index < -0.39 is 58.3 Å². The van der Waals surface area contributed by atoms with E-state index >= 15 is 0 Å². The van der Waals surface area contributed by atoms with Crippen LogP contribution in [0.25, 0.3) is 0 Å². The summed E-state index contributed by atoms with van der Waals surface area (Å²) in [6, 6.07) is 0. The smallest absolute Gasteiger partial charge is 0.438 e. The third-order valence-corrected chi connectivity index (χ3v) is 9.75. The molecule has 0 aromatic rings. The number of hydrogen-bond donors (Lipinski definition) is 3. The SMILES string of the molecule is COC(=O)OC12COC1CC(C)C1(C)C(=O)C(O)C3=C(C)C(O)CC(O)(C(C)C21)C3(C)C.[Ac]. The van der Waals surface area contributed by atoms with Crippen molar-refractivity contribution in [3.8, 4) is 0 Å². The molecule has 0 amide bonds. The minimum Gasteiger partial charge on any atom is -0.438 e. The van der Waals surface area contributed by atoms with Crippen molar-refractivity contribution in [1.82, 2.24) is 0 Å². The molecule has 33 heavy (non-hydrogen) atoms. The van der Waals surface area contributed by atoms with Crippen LogP contribution in [0.5, 0.6) is 0 Å². The number of rotatable bonds is 1. The van der Waals surface area contributed by atoms with Gasteiger partial charge in [-0.2, -0.15) is 0 Å². The number of ether oxygens (including phenoxy) is 3. The molecule has 0 spiro atoms. The third kappa shape index (κ3) is 3.32. The summed E-state index contributed by atoms with van der Waals surface area (Å²) in [7, 11) is 1.22. The molecule has 1 heterocycles. The summed E-state index contributed by atoms with van der Waals surface area (Å²) in [5.74, 6) is -1.81. The summed E-state index contributed by atoms with van der Waals surface area (Å²) in [6.07, 6.45) is -3.27. The van der Waals surface area contributed by atoms with Gasteiger partial charge in [0, 0.05) is 67.2 Å². The van der Waals surface area contributed by atoms with Gasteiger partial charge in [0.05, 0.1) is 25.4 Å². The second kappa shape index (κ2) is 8.52. The molecule has 2 saturated carbocycles. The van der Waals surface area contributed by atoms with Crippen LogP contribution in [-0.2, 0) is 19.0 Å². The Morgan fingerprint density at radius 2 is 1.79 bits per heavy atom. The van der Waals surface area contributed by atoms with Gasteiger partial charge in [0.1, 0.15) is 12.2 Å². The molecule has 1 aliphatic heterocycles. The number of Topliss-reactive ketones (excluding diaryl/α,β-unsaturated/α-hetero) is 1. The molecule has 2 bridgehead atoms. The van der Waals surface area contributed by atoms with Crippen LogP contribution in [0.15, 0.2) is 11.1 Å². The van der Waals surface area contributed by atoms with Crippen LogP contribution in [0.3, 0.4) is 0 Å². The van der Waals surface area contributed by atoms with Crippen molar-refractivity contribution in [2.24, 2.45) is 28.6 Å². The van der Waals surface area contributed by atoms with E-state index in [-0.39, 0.29) is 68.8 Å². The van der Waals surface area contributed by atoms with Gasteiger partial charge in [-0.15, -0.1) is 0 Å². The maximum Gasteiger partial charge on any atom is 0.508 e. The zero-order chi connectivity index (χ0) is 24.0. The number of carbonyl (C=O) groups excluding carboxylic acids is 2. The molecule has 9 atom stereocenters. The molecule has 9 heteroatoms. The molecular formula is C24H36AcO8. The average Bonchev–Trinajstić information content (AvgIpc) is 2.71. The standard InChI is InChI=1S/C24H36O8.Ac/c1-11-8-15-23(10-31-15,32-20(28)30-7)18-13(3)24(29)9-14(25)12(2)16(21(24,4)5)17(26)19(27)22(11,18)6;/h11,13-15,17-18,25-26,29H,8-10H2,1-7H3;. The van der Waals surface area contributed by atoms with Gasteiger partial charge in [-0.25, -0.2) is 4.79 Å². The van der Waals surface area contributed by atoms with E-state index in [2.05, 4.69) is 0 Å². The number of hydrogen-bond acceptors (Lipinski definition) is 8. The van der Waals surface area contributed by atoms with Crippen molar-refractivity contribution in [1.29, 1.82) is 0 Å². The molecule has 0 aromatic heterocycles. The maximum absolute atomic E-state index is 14.1. The van der Waals surface area contributed by atoms with E-state index in [1.54, 1.807) is 6.92 Å². The Morgan fingerprint density at radius 3 is 2.30 bits per heavy atom. The molecule has 4 rings (SSSR count). The van der Waals surface area contributed by atoms with E-state index in [1.807, 2.05) is 34.6 Å². The van der Waals surface area contributed by atoms with Gasteiger partial charge in [0.15, 0.2) is 11.4 Å². The van der Waals surface area contributed by atoms with Crippen molar-refractivity contribution < 1.29 is 83.2 Å². The molecule has 3 aliphatic carbocycles. The maximum atomic E-state index is 14.1. The van der Waals surface area contributed by atoms with E-state index in [4.69, 9.17) is 14.2 Å². The Morgan fingerprint density at radius 1 is 1.18 bits per heavy atom. The molecule has 4 aliphatic rings. The molecule has 3 N–H and O–H groups in total. The second-order valence-corrected chi connectivity index (χ2v) is 11.1. The van der Waals surface area contributed by atoms with Crippen molar-refractivity contribution in [3.05, 3.63) is 11.1 Å². The van der Waals surface area contributed by atoms with Crippen LogP contribution in [0, 0.1) is 72.6 Å². The van der Waals surface area contributed by atoms with Gasteiger partial charge < -0.3 is 29.5 Å². The predicted molar refractivity (Wildman–Crippen MR) is 114 cm³/mol. The molecule has 1 saturated heterocycles. The van der Waals surface area contributed by atoms with Gasteiger partial charge in [-0.3, -0.25) is 4.79 Å². The van der Waals surface area contributed by atoms with E-state index in [9.17, 15) is 24.9 Å². The topological polar surface area (TPSA) is 123 Å². The van der Waals surface area contributed by atoms with Crippen molar-refractivity contribution in [3.63, 3.8) is 0 Å². The van der Waals surface area contributed by atoms with Gasteiger partial charge in [0.2, 0.25) is 0 Å². The number of ketones is 1. The van der Waals surface area contributed by atoms with Gasteiger partial charge in [-0.1, -0.05) is 34.6 Å². The summed E-state index contributed by atoms with van der Waals surface area (Å²) in [5.41, 5.74) is -3.84. The molecule has 8 nitrogen and oxygen atoms in total. The second-order valence-electron chi connectivity index (χ2n) is 11.1. The zero-order valence-electron chi connectivity index (χ0n) is 20.5. The fraction of sp³-hybridized carbons (Fsp3) is 0.833. The summed E-state index contributed by atoms with van der Waals surface area (Å²) in [4.78, 5) is 26.4. The summed E-state index contributed by atoms with van der Waals surface area (Å²) in [6.45, 7) is 11.0. The molecule has 9 unspecified atom stereocenters. The first-order chi connectivity index (χ1) is 14.7. The summed E-state index contributed by atoms with van der Waals surface area (Å²) < 4.78 is 16.5. The first-order valence-electron chi connectivity index (χ1n) is 11.4. The van der Waals surface area contributed by atoms with Crippen LogP contribution in [-0.4, -0.2) is 70.5 Å². The molecule has 1 radical (unpaired) electrons. The average molecular weight is 680 g/mol. The van der Waals surface area contributed by atoms with Crippen molar-refractivity contribution in [2.75, 3.05) is 13.7 Å². The molecule has 0 aromatic carbocycles. The Hall–Kier alpha value is -0.0384. The van der Waals surface area contributed by atoms with Gasteiger partial charge in [-0.05, 0) is 36.3 Å². The number of aliphatic hydroxyl groups excluding tert-OH is 2. The van der Waals surface area contributed by atoms with Gasteiger partial charge >= 0.3 is 6.16 Å². The molecule has 183 valence electrons. The number of aliphatic hydroxyl groups is 3. The minimum absolute atomic E-state index is 0. The van der Waals surface area contributed by atoms with Crippen molar-refractivity contribution in [2.45, 2.75) is 83.9 Å². The Kier molecular flexibility index (Phi) is 7.11. The van der Waals surface area contributed by atoms with E-state index in [0.717, 1.165) is 0 Å². The molecule has 3 fully saturated rings. The predicted octanol–water partition coefficient (Wildman–Crippen LogP) is 1.99.